The molecular formula is C18H21NO4. The van der Waals surface area contributed by atoms with Gasteiger partial charge in [-0.1, -0.05) is 19.1 Å². The standard InChI is InChI=1S/C18H21NO4/c1-3-17-15(7-8-23-17)18(21)19-11-13(20)10-16(19)12-5-4-6-14(9-12)22-2/h4-9,13,16,20H,3,10-11H2,1-2H3. The fourth-order valence-electron chi connectivity index (χ4n) is 3.16. The van der Waals surface area contributed by atoms with E-state index in [1.54, 1.807) is 24.3 Å². The minimum Gasteiger partial charge on any atom is -0.497 e. The van der Waals surface area contributed by atoms with E-state index in [0.717, 1.165) is 11.3 Å². The van der Waals surface area contributed by atoms with Crippen LogP contribution in [0.1, 0.15) is 41.1 Å². The Morgan fingerprint density at radius 1 is 1.43 bits per heavy atom. The zero-order chi connectivity index (χ0) is 16.4. The maximum atomic E-state index is 12.9. The molecule has 5 heteroatoms. The Hall–Kier alpha value is -2.27. The van der Waals surface area contributed by atoms with Crippen molar-refractivity contribution in [3.63, 3.8) is 0 Å². The first kappa shape index (κ1) is 15.6. The molecule has 1 fully saturated rings. The number of furan rings is 1. The molecule has 1 N–H and O–H groups in total. The highest BCUT2D eigenvalue weighted by molar-refractivity contribution is 5.95. The van der Waals surface area contributed by atoms with Crippen LogP contribution in [-0.4, -0.2) is 35.7 Å². The lowest BCUT2D eigenvalue weighted by Gasteiger charge is -2.25. The number of aliphatic hydroxyl groups excluding tert-OH is 1. The Kier molecular flexibility index (Phi) is 4.39. The average molecular weight is 315 g/mol. The second-order valence-electron chi connectivity index (χ2n) is 5.75. The third-order valence-electron chi connectivity index (χ3n) is 4.32. The van der Waals surface area contributed by atoms with Gasteiger partial charge in [-0.15, -0.1) is 0 Å². The number of likely N-dealkylation sites (tertiary alicyclic amines) is 1. The number of aryl methyl sites for hydroxylation is 1. The molecule has 0 spiro atoms. The molecule has 1 aliphatic heterocycles. The van der Waals surface area contributed by atoms with Gasteiger partial charge in [0, 0.05) is 13.0 Å². The number of methoxy groups -OCH3 is 1. The van der Waals surface area contributed by atoms with E-state index in [9.17, 15) is 9.90 Å². The van der Waals surface area contributed by atoms with Crippen LogP contribution in [0.3, 0.4) is 0 Å². The Morgan fingerprint density at radius 3 is 3.00 bits per heavy atom. The molecule has 122 valence electrons. The Balaban J connectivity index is 1.92. The Morgan fingerprint density at radius 2 is 2.26 bits per heavy atom. The number of aliphatic hydroxyl groups is 1. The molecule has 0 radical (unpaired) electrons. The minimum atomic E-state index is -0.521. The molecule has 23 heavy (non-hydrogen) atoms. The molecule has 0 saturated carbocycles. The number of nitrogens with zero attached hydrogens (tertiary/aromatic N) is 1. The third-order valence-corrected chi connectivity index (χ3v) is 4.32. The quantitative estimate of drug-likeness (QED) is 0.942. The van der Waals surface area contributed by atoms with E-state index >= 15 is 0 Å². The van der Waals surface area contributed by atoms with Gasteiger partial charge < -0.3 is 19.2 Å². The molecule has 2 aromatic rings. The summed E-state index contributed by atoms with van der Waals surface area (Å²) in [5, 5.41) is 10.1. The first-order chi connectivity index (χ1) is 11.1. The number of hydrogen-bond donors (Lipinski definition) is 1. The van der Waals surface area contributed by atoms with Crippen molar-refractivity contribution in [3.05, 3.63) is 53.5 Å². The van der Waals surface area contributed by atoms with Gasteiger partial charge in [-0.05, 0) is 30.2 Å². The predicted molar refractivity (Wildman–Crippen MR) is 85.5 cm³/mol. The highest BCUT2D eigenvalue weighted by atomic mass is 16.5. The zero-order valence-corrected chi connectivity index (χ0v) is 13.4. The van der Waals surface area contributed by atoms with E-state index in [-0.39, 0.29) is 11.9 Å². The van der Waals surface area contributed by atoms with E-state index in [2.05, 4.69) is 0 Å². The van der Waals surface area contributed by atoms with Gasteiger partial charge in [-0.3, -0.25) is 4.79 Å². The summed E-state index contributed by atoms with van der Waals surface area (Å²) < 4.78 is 10.6. The van der Waals surface area contributed by atoms with Crippen LogP contribution >= 0.6 is 0 Å². The monoisotopic (exact) mass is 315 g/mol. The molecule has 2 atom stereocenters. The first-order valence-corrected chi connectivity index (χ1v) is 7.83. The van der Waals surface area contributed by atoms with E-state index < -0.39 is 6.10 Å². The van der Waals surface area contributed by atoms with Crippen molar-refractivity contribution in [1.82, 2.24) is 4.90 Å². The van der Waals surface area contributed by atoms with Gasteiger partial charge in [0.1, 0.15) is 11.5 Å². The second-order valence-corrected chi connectivity index (χ2v) is 5.75. The molecule has 0 bridgehead atoms. The van der Waals surface area contributed by atoms with Crippen molar-refractivity contribution < 1.29 is 19.1 Å². The molecule has 1 aromatic heterocycles. The number of ether oxygens (including phenoxy) is 1. The summed E-state index contributed by atoms with van der Waals surface area (Å²) in [7, 11) is 1.62. The van der Waals surface area contributed by atoms with Crippen LogP contribution in [0, 0.1) is 0 Å². The fraction of sp³-hybridized carbons (Fsp3) is 0.389. The van der Waals surface area contributed by atoms with E-state index in [4.69, 9.17) is 9.15 Å². The normalized spacial score (nSPS) is 20.7. The van der Waals surface area contributed by atoms with Crippen LogP contribution in [0.4, 0.5) is 0 Å². The van der Waals surface area contributed by atoms with Crippen molar-refractivity contribution in [2.45, 2.75) is 31.9 Å². The van der Waals surface area contributed by atoms with E-state index in [1.807, 2.05) is 31.2 Å². The van der Waals surface area contributed by atoms with Crippen LogP contribution < -0.4 is 4.74 Å². The molecule has 1 saturated heterocycles. The minimum absolute atomic E-state index is 0.0973. The summed E-state index contributed by atoms with van der Waals surface area (Å²) in [6, 6.07) is 9.19. The second kappa shape index (κ2) is 6.46. The van der Waals surface area contributed by atoms with Crippen molar-refractivity contribution in [1.29, 1.82) is 0 Å². The molecular weight excluding hydrogens is 294 g/mol. The Labute approximate surface area is 135 Å². The maximum absolute atomic E-state index is 12.9. The van der Waals surface area contributed by atoms with Gasteiger partial charge in [-0.2, -0.15) is 0 Å². The van der Waals surface area contributed by atoms with Crippen LogP contribution in [0.25, 0.3) is 0 Å². The maximum Gasteiger partial charge on any atom is 0.258 e. The largest absolute Gasteiger partial charge is 0.497 e. The predicted octanol–water partition coefficient (Wildman–Crippen LogP) is 2.80. The van der Waals surface area contributed by atoms with Gasteiger partial charge in [0.05, 0.1) is 31.1 Å². The highest BCUT2D eigenvalue weighted by Gasteiger charge is 2.36. The van der Waals surface area contributed by atoms with Crippen molar-refractivity contribution >= 4 is 5.91 Å². The Bertz CT molecular complexity index is 694. The molecule has 1 aliphatic rings. The SMILES string of the molecule is CCc1occc1C(=O)N1CC(O)CC1c1cccc(OC)c1. The van der Waals surface area contributed by atoms with Gasteiger partial charge >= 0.3 is 0 Å². The summed E-state index contributed by atoms with van der Waals surface area (Å²) in [5.74, 6) is 1.33. The number of benzene rings is 1. The first-order valence-electron chi connectivity index (χ1n) is 7.83. The average Bonchev–Trinajstić information content (AvgIpc) is 3.20. The number of amides is 1. The molecule has 5 nitrogen and oxygen atoms in total. The smallest absolute Gasteiger partial charge is 0.258 e. The van der Waals surface area contributed by atoms with Crippen LogP contribution in [0.5, 0.6) is 5.75 Å². The number of carbonyl (C=O) groups is 1. The number of hydrogen-bond acceptors (Lipinski definition) is 4. The van der Waals surface area contributed by atoms with Crippen molar-refractivity contribution in [2.75, 3.05) is 13.7 Å². The lowest BCUT2D eigenvalue weighted by atomic mass is 10.0. The lowest BCUT2D eigenvalue weighted by molar-refractivity contribution is 0.0713. The summed E-state index contributed by atoms with van der Waals surface area (Å²) in [5.41, 5.74) is 1.55. The van der Waals surface area contributed by atoms with Gasteiger partial charge in [0.2, 0.25) is 0 Å². The molecule has 1 amide bonds. The van der Waals surface area contributed by atoms with Gasteiger partial charge in [0.25, 0.3) is 5.91 Å². The van der Waals surface area contributed by atoms with Gasteiger partial charge in [-0.25, -0.2) is 0 Å². The van der Waals surface area contributed by atoms with Gasteiger partial charge in [0.15, 0.2) is 0 Å². The highest BCUT2D eigenvalue weighted by Crippen LogP contribution is 2.35. The molecule has 2 heterocycles. The van der Waals surface area contributed by atoms with Crippen LogP contribution in [0.15, 0.2) is 41.0 Å². The van der Waals surface area contributed by atoms with Crippen LogP contribution in [-0.2, 0) is 6.42 Å². The lowest BCUT2D eigenvalue weighted by Crippen LogP contribution is -2.32. The topological polar surface area (TPSA) is 62.9 Å². The molecule has 3 rings (SSSR count). The zero-order valence-electron chi connectivity index (χ0n) is 13.4. The van der Waals surface area contributed by atoms with Crippen molar-refractivity contribution in [3.8, 4) is 5.75 Å². The molecule has 2 unspecified atom stereocenters. The number of carbonyl (C=O) groups excluding carboxylic acids is 1. The molecule has 0 aliphatic carbocycles. The third kappa shape index (κ3) is 2.97. The molecule has 1 aromatic carbocycles. The van der Waals surface area contributed by atoms with E-state index in [1.165, 1.54) is 0 Å². The summed E-state index contributed by atoms with van der Waals surface area (Å²) in [4.78, 5) is 14.6. The van der Waals surface area contributed by atoms with Crippen LogP contribution in [0.2, 0.25) is 0 Å². The summed E-state index contributed by atoms with van der Waals surface area (Å²) in [6.45, 7) is 2.28. The summed E-state index contributed by atoms with van der Waals surface area (Å²) >= 11 is 0. The fourth-order valence-corrected chi connectivity index (χ4v) is 3.16. The number of rotatable bonds is 4. The number of β-amino-alcohol motifs (C(OH)–C–C–N with tert-alkyl or cyclic N) is 1. The summed E-state index contributed by atoms with van der Waals surface area (Å²) in [6.07, 6.45) is 2.21. The van der Waals surface area contributed by atoms with E-state index in [0.29, 0.717) is 30.7 Å². The van der Waals surface area contributed by atoms with Crippen molar-refractivity contribution in [2.24, 2.45) is 0 Å².